The van der Waals surface area contributed by atoms with Crippen molar-refractivity contribution in [1.29, 1.82) is 5.26 Å². The molecule has 0 spiro atoms. The molecule has 0 bridgehead atoms. The summed E-state index contributed by atoms with van der Waals surface area (Å²) in [6, 6.07) is 21.8. The van der Waals surface area contributed by atoms with Gasteiger partial charge in [-0.15, -0.1) is 0 Å². The molecule has 2 aromatic rings. The van der Waals surface area contributed by atoms with Crippen molar-refractivity contribution in [1.82, 2.24) is 5.32 Å². The van der Waals surface area contributed by atoms with Crippen molar-refractivity contribution in [3.05, 3.63) is 71.3 Å². The molecule has 2 heteroatoms. The molecule has 1 fully saturated rings. The lowest BCUT2D eigenvalue weighted by Crippen LogP contribution is -2.36. The first kappa shape index (κ1) is 14.8. The lowest BCUT2D eigenvalue weighted by molar-refractivity contribution is 0.399. The molecule has 1 aliphatic heterocycles. The van der Waals surface area contributed by atoms with Crippen molar-refractivity contribution in [3.8, 4) is 6.07 Å². The van der Waals surface area contributed by atoms with Gasteiger partial charge in [0.15, 0.2) is 0 Å². The minimum atomic E-state index is -0.136. The van der Waals surface area contributed by atoms with Crippen LogP contribution in [0.1, 0.15) is 48.8 Å². The van der Waals surface area contributed by atoms with Gasteiger partial charge in [-0.3, -0.25) is 0 Å². The molecule has 1 unspecified atom stereocenters. The van der Waals surface area contributed by atoms with Crippen molar-refractivity contribution < 1.29 is 0 Å². The summed E-state index contributed by atoms with van der Waals surface area (Å²) in [6.45, 7) is 3.24. The number of benzene rings is 2. The van der Waals surface area contributed by atoms with Crippen LogP contribution in [-0.2, 0) is 5.54 Å². The van der Waals surface area contributed by atoms with E-state index in [1.54, 1.807) is 0 Å². The summed E-state index contributed by atoms with van der Waals surface area (Å²) in [7, 11) is 0. The number of nitrogens with zero attached hydrogens (tertiary/aromatic N) is 1. The summed E-state index contributed by atoms with van der Waals surface area (Å²) in [5.41, 5.74) is 3.76. The van der Waals surface area contributed by atoms with Gasteiger partial charge in [0.25, 0.3) is 0 Å². The third kappa shape index (κ3) is 2.77. The van der Waals surface area contributed by atoms with Crippen LogP contribution in [0, 0.1) is 11.3 Å². The second-order valence-electron chi connectivity index (χ2n) is 6.20. The minimum absolute atomic E-state index is 0.136. The van der Waals surface area contributed by atoms with Crippen LogP contribution in [0.15, 0.2) is 54.6 Å². The van der Waals surface area contributed by atoms with Gasteiger partial charge < -0.3 is 5.32 Å². The Morgan fingerprint density at radius 1 is 1.09 bits per heavy atom. The molecule has 0 aromatic heterocycles. The number of hydrogen-bond donors (Lipinski definition) is 1. The highest BCUT2D eigenvalue weighted by molar-refractivity contribution is 5.36. The van der Waals surface area contributed by atoms with E-state index in [0.717, 1.165) is 19.4 Å². The van der Waals surface area contributed by atoms with Gasteiger partial charge in [-0.25, -0.2) is 0 Å². The molecule has 1 saturated heterocycles. The normalized spacial score (nSPS) is 22.2. The van der Waals surface area contributed by atoms with Gasteiger partial charge >= 0.3 is 0 Å². The van der Waals surface area contributed by atoms with E-state index in [-0.39, 0.29) is 5.54 Å². The van der Waals surface area contributed by atoms with Crippen molar-refractivity contribution in [2.45, 2.75) is 37.6 Å². The predicted molar refractivity (Wildman–Crippen MR) is 89.5 cm³/mol. The lowest BCUT2D eigenvalue weighted by Gasteiger charge is -2.28. The molecule has 0 radical (unpaired) electrons. The topological polar surface area (TPSA) is 35.8 Å². The van der Waals surface area contributed by atoms with Gasteiger partial charge in [-0.1, -0.05) is 61.5 Å². The molecule has 3 rings (SSSR count). The first-order valence-electron chi connectivity index (χ1n) is 8.02. The van der Waals surface area contributed by atoms with E-state index in [9.17, 15) is 0 Å². The molecular weight excluding hydrogens is 268 g/mol. The number of rotatable bonds is 4. The third-order valence-corrected chi connectivity index (χ3v) is 4.89. The van der Waals surface area contributed by atoms with Gasteiger partial charge in [0.2, 0.25) is 0 Å². The quantitative estimate of drug-likeness (QED) is 0.909. The molecule has 2 nitrogen and oxygen atoms in total. The number of hydrogen-bond acceptors (Lipinski definition) is 2. The fourth-order valence-corrected chi connectivity index (χ4v) is 3.47. The Bertz CT molecular complexity index is 646. The standard InChI is InChI=1S/C20H22N2/c1-16(17-6-3-2-4-7-17)18-8-10-19(11-9-18)20(13-14-21)12-5-15-22-20/h2-4,6-11,16,22H,5,12-13,15H2,1H3/t16?,20-/m0/s1. The first-order valence-corrected chi connectivity index (χ1v) is 8.02. The van der Waals surface area contributed by atoms with Crippen LogP contribution in [0.5, 0.6) is 0 Å². The summed E-state index contributed by atoms with van der Waals surface area (Å²) in [5.74, 6) is 0.388. The Kier molecular flexibility index (Phi) is 4.27. The summed E-state index contributed by atoms with van der Waals surface area (Å²) >= 11 is 0. The van der Waals surface area contributed by atoms with Crippen molar-refractivity contribution >= 4 is 0 Å². The molecular formula is C20H22N2. The maximum Gasteiger partial charge on any atom is 0.0644 e. The smallest absolute Gasteiger partial charge is 0.0644 e. The Morgan fingerprint density at radius 2 is 1.77 bits per heavy atom. The van der Waals surface area contributed by atoms with Crippen molar-refractivity contribution in [2.75, 3.05) is 6.54 Å². The summed E-state index contributed by atoms with van der Waals surface area (Å²) in [6.07, 6.45) is 2.73. The second-order valence-corrected chi connectivity index (χ2v) is 6.20. The average molecular weight is 290 g/mol. The van der Waals surface area contributed by atoms with Gasteiger partial charge in [0.1, 0.15) is 0 Å². The molecule has 2 atom stereocenters. The lowest BCUT2D eigenvalue weighted by atomic mass is 9.84. The van der Waals surface area contributed by atoms with Crippen molar-refractivity contribution in [3.63, 3.8) is 0 Å². The summed E-state index contributed by atoms with van der Waals surface area (Å²) in [4.78, 5) is 0. The monoisotopic (exact) mass is 290 g/mol. The van der Waals surface area contributed by atoms with Crippen molar-refractivity contribution in [2.24, 2.45) is 0 Å². The van der Waals surface area contributed by atoms with E-state index in [4.69, 9.17) is 5.26 Å². The maximum atomic E-state index is 9.15. The van der Waals surface area contributed by atoms with Gasteiger partial charge in [0, 0.05) is 5.92 Å². The van der Waals surface area contributed by atoms with Crippen LogP contribution >= 0.6 is 0 Å². The summed E-state index contributed by atoms with van der Waals surface area (Å²) in [5, 5.41) is 12.7. The van der Waals surface area contributed by atoms with E-state index in [1.807, 2.05) is 0 Å². The molecule has 0 aliphatic carbocycles. The Labute approximate surface area is 132 Å². The fourth-order valence-electron chi connectivity index (χ4n) is 3.47. The average Bonchev–Trinajstić information content (AvgIpc) is 3.05. The molecule has 112 valence electrons. The molecule has 1 heterocycles. The van der Waals surface area contributed by atoms with E-state index < -0.39 is 0 Å². The number of nitriles is 1. The SMILES string of the molecule is CC(c1ccccc1)c1ccc([C@@]2(CC#N)CCCN2)cc1. The van der Waals surface area contributed by atoms with E-state index in [1.165, 1.54) is 16.7 Å². The first-order chi connectivity index (χ1) is 10.7. The maximum absolute atomic E-state index is 9.15. The van der Waals surface area contributed by atoms with Gasteiger partial charge in [0.05, 0.1) is 18.0 Å². The molecule has 0 amide bonds. The molecule has 1 N–H and O–H groups in total. The van der Waals surface area contributed by atoms with Crippen LogP contribution in [0.3, 0.4) is 0 Å². The van der Waals surface area contributed by atoms with Crippen LogP contribution < -0.4 is 5.32 Å². The Hall–Kier alpha value is -2.11. The third-order valence-electron chi connectivity index (χ3n) is 4.89. The highest BCUT2D eigenvalue weighted by atomic mass is 15.0. The van der Waals surface area contributed by atoms with Gasteiger partial charge in [-0.2, -0.15) is 5.26 Å². The van der Waals surface area contributed by atoms with Crippen LogP contribution in [0.25, 0.3) is 0 Å². The summed E-state index contributed by atoms with van der Waals surface area (Å²) < 4.78 is 0. The Morgan fingerprint density at radius 3 is 2.36 bits per heavy atom. The van der Waals surface area contributed by atoms with Crippen LogP contribution in [0.2, 0.25) is 0 Å². The molecule has 1 aliphatic rings. The van der Waals surface area contributed by atoms with Gasteiger partial charge in [-0.05, 0) is 36.1 Å². The minimum Gasteiger partial charge on any atom is -0.307 e. The predicted octanol–water partition coefficient (Wildman–Crippen LogP) is 4.33. The van der Waals surface area contributed by atoms with E-state index >= 15 is 0 Å². The zero-order chi connectivity index (χ0) is 15.4. The zero-order valence-corrected chi connectivity index (χ0v) is 13.0. The second kappa shape index (κ2) is 6.34. The molecule has 0 saturated carbocycles. The fraction of sp³-hybridized carbons (Fsp3) is 0.350. The molecule has 2 aromatic carbocycles. The number of nitrogens with one attached hydrogen (secondary N) is 1. The van der Waals surface area contributed by atoms with E-state index in [0.29, 0.717) is 12.3 Å². The van der Waals surface area contributed by atoms with Crippen LogP contribution in [0.4, 0.5) is 0 Å². The Balaban J connectivity index is 1.85. The van der Waals surface area contributed by atoms with Crippen LogP contribution in [-0.4, -0.2) is 6.54 Å². The largest absolute Gasteiger partial charge is 0.307 e. The van der Waals surface area contributed by atoms with E-state index in [2.05, 4.69) is 72.9 Å². The highest BCUT2D eigenvalue weighted by Crippen LogP contribution is 2.35. The highest BCUT2D eigenvalue weighted by Gasteiger charge is 2.34. The molecule has 22 heavy (non-hydrogen) atoms. The zero-order valence-electron chi connectivity index (χ0n) is 13.0.